The zero-order valence-corrected chi connectivity index (χ0v) is 19.6. The van der Waals surface area contributed by atoms with Crippen LogP contribution >= 0.6 is 0 Å². The predicted molar refractivity (Wildman–Crippen MR) is 126 cm³/mol. The summed E-state index contributed by atoms with van der Waals surface area (Å²) in [6, 6.07) is 10.0. The maximum absolute atomic E-state index is 14.9. The molecule has 1 amide bonds. The van der Waals surface area contributed by atoms with Crippen LogP contribution in [0.2, 0.25) is 0 Å². The molecular formula is C26H28FN5O2. The van der Waals surface area contributed by atoms with Gasteiger partial charge in [-0.3, -0.25) is 9.59 Å². The van der Waals surface area contributed by atoms with Crippen LogP contribution in [-0.4, -0.2) is 43.8 Å². The summed E-state index contributed by atoms with van der Waals surface area (Å²) in [4.78, 5) is 31.5. The Balaban J connectivity index is 1.67. The van der Waals surface area contributed by atoms with Crippen LogP contribution in [0.1, 0.15) is 67.7 Å². The summed E-state index contributed by atoms with van der Waals surface area (Å²) in [5.41, 5.74) is 2.91. The van der Waals surface area contributed by atoms with E-state index in [0.29, 0.717) is 29.0 Å². The van der Waals surface area contributed by atoms with Gasteiger partial charge in [0.05, 0.1) is 18.2 Å². The quantitative estimate of drug-likeness (QED) is 0.538. The molecule has 1 aliphatic rings. The van der Waals surface area contributed by atoms with E-state index >= 15 is 0 Å². The summed E-state index contributed by atoms with van der Waals surface area (Å²) in [6.45, 7) is 4.79. The van der Waals surface area contributed by atoms with Crippen LogP contribution in [0.25, 0.3) is 16.9 Å². The number of halogens is 1. The Labute approximate surface area is 198 Å². The lowest BCUT2D eigenvalue weighted by atomic mass is 10.0. The lowest BCUT2D eigenvalue weighted by molar-refractivity contribution is -0.117. The van der Waals surface area contributed by atoms with Gasteiger partial charge in [0, 0.05) is 36.3 Å². The van der Waals surface area contributed by atoms with E-state index in [0.717, 1.165) is 37.9 Å². The minimum atomic E-state index is -0.501. The second-order valence-electron chi connectivity index (χ2n) is 8.85. The van der Waals surface area contributed by atoms with Crippen LogP contribution in [0.15, 0.2) is 30.3 Å². The van der Waals surface area contributed by atoms with Gasteiger partial charge in [0.2, 0.25) is 0 Å². The minimum absolute atomic E-state index is 0.0118. The molecule has 176 valence electrons. The second kappa shape index (κ2) is 10.1. The van der Waals surface area contributed by atoms with Crippen LogP contribution < -0.4 is 0 Å². The van der Waals surface area contributed by atoms with E-state index in [-0.39, 0.29) is 36.1 Å². The van der Waals surface area contributed by atoms with Gasteiger partial charge in [-0.1, -0.05) is 25.8 Å². The molecule has 34 heavy (non-hydrogen) atoms. The molecule has 1 atom stereocenters. The number of hydrogen-bond donors (Lipinski definition) is 0. The third-order valence-electron chi connectivity index (χ3n) is 6.38. The third kappa shape index (κ3) is 4.84. The van der Waals surface area contributed by atoms with Crippen molar-refractivity contribution in [1.82, 2.24) is 19.5 Å². The molecule has 0 spiro atoms. The zero-order valence-electron chi connectivity index (χ0n) is 19.6. The summed E-state index contributed by atoms with van der Waals surface area (Å²) in [5, 5.41) is 13.2. The lowest BCUT2D eigenvalue weighted by Gasteiger charge is -2.27. The molecule has 3 heterocycles. The van der Waals surface area contributed by atoms with Gasteiger partial charge in [-0.15, -0.1) is 0 Å². The molecule has 0 bridgehead atoms. The largest absolute Gasteiger partial charge is 0.335 e. The first-order valence-electron chi connectivity index (χ1n) is 11.8. The number of carbonyl (C=O) groups excluding carboxylic acids is 2. The van der Waals surface area contributed by atoms with Gasteiger partial charge in [-0.2, -0.15) is 10.4 Å². The van der Waals surface area contributed by atoms with E-state index in [2.05, 4.69) is 17.0 Å². The molecule has 2 aromatic heterocycles. The van der Waals surface area contributed by atoms with Gasteiger partial charge in [0.15, 0.2) is 11.4 Å². The normalized spacial score (nSPS) is 16.3. The fourth-order valence-corrected chi connectivity index (χ4v) is 4.51. The van der Waals surface area contributed by atoms with Crippen molar-refractivity contribution < 1.29 is 14.0 Å². The number of rotatable bonds is 6. The SMILES string of the molecule is CCc1cc(C(=O)N2CCCCCC2C)nc2cc(-c3ccc(CC(=O)CC#N)cc3F)nn12. The summed E-state index contributed by atoms with van der Waals surface area (Å²) in [5.74, 6) is -0.833. The predicted octanol–water partition coefficient (Wildman–Crippen LogP) is 4.53. The van der Waals surface area contributed by atoms with Crippen molar-refractivity contribution in [3.8, 4) is 17.3 Å². The van der Waals surface area contributed by atoms with Crippen molar-refractivity contribution in [3.05, 3.63) is 53.1 Å². The van der Waals surface area contributed by atoms with Crippen LogP contribution in [0, 0.1) is 17.1 Å². The molecule has 1 aromatic carbocycles. The molecule has 0 radical (unpaired) electrons. The molecule has 3 aromatic rings. The standard InChI is InChI=1S/C26H28FN5O2/c1-3-19-15-24(26(34)31-12-6-4-5-7-17(31)2)29-25-16-23(30-32(19)25)21-9-8-18(14-22(21)27)13-20(33)10-11-28/h8-9,14-17H,3-7,10,12-13H2,1-2H3. The second-order valence-corrected chi connectivity index (χ2v) is 8.85. The van der Waals surface area contributed by atoms with Crippen LogP contribution in [0.5, 0.6) is 0 Å². The number of benzene rings is 1. The minimum Gasteiger partial charge on any atom is -0.335 e. The van der Waals surface area contributed by atoms with Crippen molar-refractivity contribution in [2.24, 2.45) is 0 Å². The van der Waals surface area contributed by atoms with Gasteiger partial charge in [-0.05, 0) is 49.9 Å². The Morgan fingerprint density at radius 3 is 2.76 bits per heavy atom. The highest BCUT2D eigenvalue weighted by molar-refractivity contribution is 5.93. The Kier molecular flexibility index (Phi) is 7.01. The molecule has 1 aliphatic heterocycles. The number of fused-ring (bicyclic) bond motifs is 1. The fourth-order valence-electron chi connectivity index (χ4n) is 4.51. The lowest BCUT2D eigenvalue weighted by Crippen LogP contribution is -2.38. The van der Waals surface area contributed by atoms with Gasteiger partial charge in [0.1, 0.15) is 11.5 Å². The molecule has 1 fully saturated rings. The topological polar surface area (TPSA) is 91.4 Å². The average Bonchev–Trinajstić information content (AvgIpc) is 3.12. The van der Waals surface area contributed by atoms with E-state index in [9.17, 15) is 14.0 Å². The molecule has 1 unspecified atom stereocenters. The molecule has 4 rings (SSSR count). The molecule has 8 heteroatoms. The molecule has 0 saturated carbocycles. The summed E-state index contributed by atoms with van der Waals surface area (Å²) in [6.07, 6.45) is 4.69. The average molecular weight is 462 g/mol. The van der Waals surface area contributed by atoms with Crippen molar-refractivity contribution in [3.63, 3.8) is 0 Å². The Bertz CT molecular complexity index is 1280. The number of Topliss-reactive ketones (excluding diaryl/α,β-unsaturated/α-hetero) is 1. The smallest absolute Gasteiger partial charge is 0.272 e. The number of aryl methyl sites for hydroxylation is 1. The zero-order chi connectivity index (χ0) is 24.2. The van der Waals surface area contributed by atoms with Gasteiger partial charge in [-0.25, -0.2) is 13.9 Å². The Hall–Kier alpha value is -3.60. The Morgan fingerprint density at radius 1 is 1.21 bits per heavy atom. The highest BCUT2D eigenvalue weighted by Gasteiger charge is 2.25. The molecule has 0 aliphatic carbocycles. The number of nitrogens with zero attached hydrogens (tertiary/aromatic N) is 5. The molecule has 1 saturated heterocycles. The van der Waals surface area contributed by atoms with Crippen molar-refractivity contribution in [2.75, 3.05) is 6.54 Å². The van der Waals surface area contributed by atoms with E-state index < -0.39 is 5.82 Å². The molecule has 7 nitrogen and oxygen atoms in total. The Morgan fingerprint density at radius 2 is 2.03 bits per heavy atom. The van der Waals surface area contributed by atoms with Gasteiger partial charge < -0.3 is 4.90 Å². The van der Waals surface area contributed by atoms with E-state index in [4.69, 9.17) is 5.26 Å². The number of nitriles is 1. The highest BCUT2D eigenvalue weighted by atomic mass is 19.1. The number of carbonyl (C=O) groups is 2. The van der Waals surface area contributed by atoms with Crippen molar-refractivity contribution >= 4 is 17.3 Å². The number of hydrogen-bond acceptors (Lipinski definition) is 5. The van der Waals surface area contributed by atoms with E-state index in [1.54, 1.807) is 28.8 Å². The maximum atomic E-state index is 14.9. The first kappa shape index (κ1) is 23.6. The number of amides is 1. The summed E-state index contributed by atoms with van der Waals surface area (Å²) >= 11 is 0. The van der Waals surface area contributed by atoms with Crippen LogP contribution in [0.4, 0.5) is 4.39 Å². The number of ketones is 1. The van der Waals surface area contributed by atoms with E-state index in [1.165, 1.54) is 6.07 Å². The first-order chi connectivity index (χ1) is 16.4. The summed E-state index contributed by atoms with van der Waals surface area (Å²) in [7, 11) is 0. The van der Waals surface area contributed by atoms with Crippen LogP contribution in [0.3, 0.4) is 0 Å². The highest BCUT2D eigenvalue weighted by Crippen LogP contribution is 2.26. The first-order valence-corrected chi connectivity index (χ1v) is 11.8. The van der Waals surface area contributed by atoms with Gasteiger partial charge >= 0.3 is 0 Å². The van der Waals surface area contributed by atoms with E-state index in [1.807, 2.05) is 17.9 Å². The monoisotopic (exact) mass is 461 g/mol. The molecule has 0 N–H and O–H groups in total. The third-order valence-corrected chi connectivity index (χ3v) is 6.38. The van der Waals surface area contributed by atoms with Crippen molar-refractivity contribution in [1.29, 1.82) is 5.26 Å². The summed E-state index contributed by atoms with van der Waals surface area (Å²) < 4.78 is 16.6. The number of aromatic nitrogens is 3. The maximum Gasteiger partial charge on any atom is 0.272 e. The molecular weight excluding hydrogens is 433 g/mol. The van der Waals surface area contributed by atoms with Crippen molar-refractivity contribution in [2.45, 2.75) is 64.8 Å². The van der Waals surface area contributed by atoms with Gasteiger partial charge in [0.25, 0.3) is 5.91 Å². The van der Waals surface area contributed by atoms with Crippen LogP contribution in [-0.2, 0) is 17.6 Å². The fraction of sp³-hybridized carbons (Fsp3) is 0.423. The number of likely N-dealkylation sites (tertiary alicyclic amines) is 1.